The monoisotopic (exact) mass is 485 g/mol. The van der Waals surface area contributed by atoms with Crippen LogP contribution in [0.3, 0.4) is 0 Å². The van der Waals surface area contributed by atoms with Crippen LogP contribution in [-0.4, -0.2) is 28.5 Å². The van der Waals surface area contributed by atoms with Gasteiger partial charge >= 0.3 is 5.69 Å². The molecule has 0 aliphatic carbocycles. The van der Waals surface area contributed by atoms with Crippen LogP contribution in [0, 0.1) is 10.1 Å². The quantitative estimate of drug-likeness (QED) is 0.111. The number of hydrogen-bond donors (Lipinski definition) is 2. The lowest BCUT2D eigenvalue weighted by Crippen LogP contribution is -2.09. The lowest BCUT2D eigenvalue weighted by atomic mass is 10.0. The van der Waals surface area contributed by atoms with Crippen molar-refractivity contribution in [1.29, 1.82) is 0 Å². The van der Waals surface area contributed by atoms with Gasteiger partial charge in [0.05, 0.1) is 17.7 Å². The molecule has 0 unspecified atom stereocenters. The molecule has 0 atom stereocenters. The van der Waals surface area contributed by atoms with E-state index in [1.807, 2.05) is 12.1 Å². The summed E-state index contributed by atoms with van der Waals surface area (Å²) in [6.07, 6.45) is 19.5. The number of anilines is 3. The van der Waals surface area contributed by atoms with Crippen molar-refractivity contribution in [2.24, 2.45) is 0 Å². The van der Waals surface area contributed by atoms with E-state index >= 15 is 0 Å². The second-order valence-corrected chi connectivity index (χ2v) is 9.02. The van der Waals surface area contributed by atoms with Crippen LogP contribution < -0.4 is 15.4 Å². The molecule has 1 aromatic carbocycles. The zero-order valence-electron chi connectivity index (χ0n) is 21.6. The van der Waals surface area contributed by atoms with Crippen LogP contribution in [0.2, 0.25) is 0 Å². The second-order valence-electron chi connectivity index (χ2n) is 9.02. The van der Waals surface area contributed by atoms with Crippen molar-refractivity contribution in [1.82, 2.24) is 9.97 Å². The third kappa shape index (κ3) is 10.9. The predicted molar refractivity (Wildman–Crippen MR) is 144 cm³/mol. The van der Waals surface area contributed by atoms with Crippen LogP contribution in [0.25, 0.3) is 0 Å². The van der Waals surface area contributed by atoms with E-state index in [4.69, 9.17) is 4.74 Å². The first kappa shape index (κ1) is 28.3. The molecule has 2 N–H and O–H groups in total. The van der Waals surface area contributed by atoms with E-state index in [1.54, 1.807) is 19.2 Å². The average Bonchev–Trinajstić information content (AvgIpc) is 2.86. The van der Waals surface area contributed by atoms with Crippen molar-refractivity contribution in [3.05, 3.63) is 40.7 Å². The number of ether oxygens (including phenoxy) is 1. The van der Waals surface area contributed by atoms with Gasteiger partial charge in [0.2, 0.25) is 11.6 Å². The average molecular weight is 486 g/mol. The Hall–Kier alpha value is -2.90. The molecule has 0 bridgehead atoms. The molecule has 0 radical (unpaired) electrons. The molecule has 1 aromatic heterocycles. The Labute approximate surface area is 210 Å². The van der Waals surface area contributed by atoms with Gasteiger partial charge in [0, 0.05) is 6.54 Å². The molecule has 0 saturated carbocycles. The summed E-state index contributed by atoms with van der Waals surface area (Å²) in [5.41, 5.74) is 0.443. The number of para-hydroxylation sites is 2. The second kappa shape index (κ2) is 17.5. The molecule has 0 aliphatic rings. The Morgan fingerprint density at radius 3 is 1.94 bits per heavy atom. The predicted octanol–water partition coefficient (Wildman–Crippen LogP) is 8.03. The Morgan fingerprint density at radius 1 is 0.829 bits per heavy atom. The normalized spacial score (nSPS) is 10.8. The van der Waals surface area contributed by atoms with Crippen LogP contribution in [0.5, 0.6) is 5.75 Å². The third-order valence-electron chi connectivity index (χ3n) is 6.19. The highest BCUT2D eigenvalue weighted by molar-refractivity contribution is 5.75. The van der Waals surface area contributed by atoms with Crippen molar-refractivity contribution in [3.63, 3.8) is 0 Å². The van der Waals surface area contributed by atoms with Gasteiger partial charge in [-0.1, -0.05) is 103 Å². The zero-order chi connectivity index (χ0) is 25.1. The molecule has 8 nitrogen and oxygen atoms in total. The minimum Gasteiger partial charge on any atom is -0.495 e. The summed E-state index contributed by atoms with van der Waals surface area (Å²) in [6.45, 7) is 2.91. The highest BCUT2D eigenvalue weighted by Gasteiger charge is 2.23. The molecular weight excluding hydrogens is 442 g/mol. The third-order valence-corrected chi connectivity index (χ3v) is 6.19. The van der Waals surface area contributed by atoms with Gasteiger partial charge in [0.15, 0.2) is 0 Å². The Balaban J connectivity index is 1.65. The summed E-state index contributed by atoms with van der Waals surface area (Å²) in [5.74, 6) is 0.951. The zero-order valence-corrected chi connectivity index (χ0v) is 21.6. The van der Waals surface area contributed by atoms with E-state index in [9.17, 15) is 10.1 Å². The Morgan fingerprint density at radius 2 is 1.37 bits per heavy atom. The van der Waals surface area contributed by atoms with Crippen LogP contribution in [0.1, 0.15) is 96.8 Å². The molecule has 0 aliphatic heterocycles. The summed E-state index contributed by atoms with van der Waals surface area (Å²) in [6, 6.07) is 7.23. The topological polar surface area (TPSA) is 102 Å². The molecule has 0 fully saturated rings. The first-order valence-electron chi connectivity index (χ1n) is 13.3. The molecule has 0 spiro atoms. The largest absolute Gasteiger partial charge is 0.495 e. The van der Waals surface area contributed by atoms with Gasteiger partial charge in [-0.25, -0.2) is 9.97 Å². The van der Waals surface area contributed by atoms with E-state index in [0.29, 0.717) is 18.0 Å². The smallest absolute Gasteiger partial charge is 0.353 e. The minimum absolute atomic E-state index is 0.137. The Bertz CT molecular complexity index is 862. The highest BCUT2D eigenvalue weighted by atomic mass is 16.6. The maximum absolute atomic E-state index is 11.8. The van der Waals surface area contributed by atoms with Gasteiger partial charge in [0.1, 0.15) is 12.1 Å². The van der Waals surface area contributed by atoms with Crippen molar-refractivity contribution < 1.29 is 9.66 Å². The van der Waals surface area contributed by atoms with E-state index < -0.39 is 4.92 Å². The van der Waals surface area contributed by atoms with Crippen molar-refractivity contribution in [2.45, 2.75) is 96.8 Å². The number of aromatic nitrogens is 2. The molecule has 2 rings (SSSR count). The van der Waals surface area contributed by atoms with Crippen molar-refractivity contribution >= 4 is 23.0 Å². The number of methoxy groups -OCH3 is 1. The van der Waals surface area contributed by atoms with Gasteiger partial charge in [-0.05, 0) is 18.6 Å². The van der Waals surface area contributed by atoms with E-state index in [1.165, 1.54) is 83.4 Å². The molecule has 8 heteroatoms. The first-order valence-corrected chi connectivity index (χ1v) is 13.3. The first-order chi connectivity index (χ1) is 17.2. The summed E-state index contributed by atoms with van der Waals surface area (Å²) in [7, 11) is 1.55. The van der Waals surface area contributed by atoms with Crippen molar-refractivity contribution in [3.8, 4) is 5.75 Å². The van der Waals surface area contributed by atoms with Gasteiger partial charge in [0.25, 0.3) is 0 Å². The van der Waals surface area contributed by atoms with Crippen LogP contribution in [-0.2, 0) is 0 Å². The fourth-order valence-corrected chi connectivity index (χ4v) is 4.17. The lowest BCUT2D eigenvalue weighted by Gasteiger charge is -2.12. The van der Waals surface area contributed by atoms with Gasteiger partial charge in [-0.2, -0.15) is 0 Å². The molecule has 2 aromatic rings. The lowest BCUT2D eigenvalue weighted by molar-refractivity contribution is -0.383. The van der Waals surface area contributed by atoms with Crippen molar-refractivity contribution in [2.75, 3.05) is 24.3 Å². The van der Waals surface area contributed by atoms with E-state index in [0.717, 1.165) is 12.8 Å². The minimum atomic E-state index is -0.453. The van der Waals surface area contributed by atoms with Gasteiger partial charge < -0.3 is 15.4 Å². The van der Waals surface area contributed by atoms with Crippen LogP contribution in [0.4, 0.5) is 23.0 Å². The van der Waals surface area contributed by atoms with Gasteiger partial charge in [-0.3, -0.25) is 10.1 Å². The summed E-state index contributed by atoms with van der Waals surface area (Å²) in [4.78, 5) is 19.5. The van der Waals surface area contributed by atoms with E-state index in [-0.39, 0.29) is 17.3 Å². The van der Waals surface area contributed by atoms with Crippen LogP contribution >= 0.6 is 0 Å². The fraction of sp³-hybridized carbons (Fsp3) is 0.630. The molecule has 0 amide bonds. The standard InChI is InChI=1S/C27H43N5O3/c1-3-4-5-6-7-8-9-10-11-12-13-14-15-18-21-28-26-25(32(33)34)27(30-22-29-26)31-23-19-16-17-20-24(23)35-2/h16-17,19-20,22H,3-15,18,21H2,1-2H3,(H2,28,29,30,31). The molecular formula is C27H43N5O3. The Kier molecular flexibility index (Phi) is 14.2. The van der Waals surface area contributed by atoms with Crippen LogP contribution in [0.15, 0.2) is 30.6 Å². The van der Waals surface area contributed by atoms with Gasteiger partial charge in [-0.15, -0.1) is 0 Å². The fourth-order valence-electron chi connectivity index (χ4n) is 4.17. The number of unbranched alkanes of at least 4 members (excludes halogenated alkanes) is 13. The number of nitrogens with one attached hydrogen (secondary N) is 2. The number of hydrogen-bond acceptors (Lipinski definition) is 7. The molecule has 0 saturated heterocycles. The summed E-state index contributed by atoms with van der Waals surface area (Å²) >= 11 is 0. The van der Waals surface area contributed by atoms with E-state index in [2.05, 4.69) is 27.5 Å². The maximum Gasteiger partial charge on any atom is 0.353 e. The number of nitro groups is 1. The maximum atomic E-state index is 11.8. The summed E-state index contributed by atoms with van der Waals surface area (Å²) < 4.78 is 5.32. The number of rotatable bonds is 20. The molecule has 1 heterocycles. The highest BCUT2D eigenvalue weighted by Crippen LogP contribution is 2.34. The summed E-state index contributed by atoms with van der Waals surface area (Å²) in [5, 5.41) is 17.9. The molecule has 35 heavy (non-hydrogen) atoms. The number of benzene rings is 1. The number of nitrogens with zero attached hydrogens (tertiary/aromatic N) is 3. The SMILES string of the molecule is CCCCCCCCCCCCCCCCNc1ncnc(Nc2ccccc2OC)c1[N+](=O)[O-]. The molecule has 194 valence electrons.